The smallest absolute Gasteiger partial charge is 0.319 e. The summed E-state index contributed by atoms with van der Waals surface area (Å²) in [6, 6.07) is 3.59. The van der Waals surface area contributed by atoms with Gasteiger partial charge in [0, 0.05) is 33.9 Å². The molecule has 0 aliphatic rings. The number of ether oxygens (including phenoxy) is 2. The van der Waals surface area contributed by atoms with E-state index in [4.69, 9.17) is 9.47 Å². The van der Waals surface area contributed by atoms with Crippen LogP contribution in [0.3, 0.4) is 0 Å². The second-order valence-corrected chi connectivity index (χ2v) is 4.92. The lowest BCUT2D eigenvalue weighted by Gasteiger charge is -2.23. The maximum Gasteiger partial charge on any atom is 0.319 e. The van der Waals surface area contributed by atoms with Gasteiger partial charge in [-0.25, -0.2) is 9.18 Å². The van der Waals surface area contributed by atoms with Gasteiger partial charge < -0.3 is 25.0 Å². The summed E-state index contributed by atoms with van der Waals surface area (Å²) in [5.74, 6) is -1.23. The van der Waals surface area contributed by atoms with Gasteiger partial charge >= 0.3 is 6.03 Å². The van der Waals surface area contributed by atoms with E-state index in [1.165, 1.54) is 37.3 Å². The van der Waals surface area contributed by atoms with Crippen LogP contribution in [0, 0.1) is 5.82 Å². The van der Waals surface area contributed by atoms with Crippen LogP contribution in [0.4, 0.5) is 14.9 Å². The van der Waals surface area contributed by atoms with Crippen molar-refractivity contribution in [2.75, 3.05) is 52.4 Å². The molecule has 134 valence electrons. The van der Waals surface area contributed by atoms with Crippen LogP contribution in [-0.2, 0) is 9.47 Å². The number of rotatable bonds is 9. The number of halogens is 1. The summed E-state index contributed by atoms with van der Waals surface area (Å²) in [4.78, 5) is 25.9. The van der Waals surface area contributed by atoms with Crippen LogP contribution >= 0.6 is 0 Å². The quantitative estimate of drug-likeness (QED) is 0.716. The second kappa shape index (κ2) is 10.6. The molecule has 0 aromatic heterocycles. The molecule has 1 rings (SSSR count). The number of nitrogens with one attached hydrogen (secondary N) is 2. The highest BCUT2D eigenvalue weighted by molar-refractivity contribution is 6.03. The first-order chi connectivity index (χ1) is 11.5. The molecule has 0 fully saturated rings. The Bertz CT molecular complexity index is 546. The fourth-order valence-corrected chi connectivity index (χ4v) is 2.05. The third-order valence-electron chi connectivity index (χ3n) is 3.23. The van der Waals surface area contributed by atoms with E-state index in [-0.39, 0.29) is 24.3 Å². The Hall–Kier alpha value is -2.19. The summed E-state index contributed by atoms with van der Waals surface area (Å²) in [5.41, 5.74) is -0.0678. The average Bonchev–Trinajstić information content (AvgIpc) is 2.55. The topological polar surface area (TPSA) is 79.9 Å². The number of carbonyl (C=O) groups is 2. The summed E-state index contributed by atoms with van der Waals surface area (Å²) in [7, 11) is 3.04. The van der Waals surface area contributed by atoms with E-state index in [2.05, 4.69) is 10.6 Å². The van der Waals surface area contributed by atoms with Crippen LogP contribution in [0.1, 0.15) is 17.3 Å². The van der Waals surface area contributed by atoms with Crippen LogP contribution in [0.5, 0.6) is 0 Å². The van der Waals surface area contributed by atoms with Gasteiger partial charge in [-0.3, -0.25) is 4.79 Å². The van der Waals surface area contributed by atoms with Crippen LogP contribution in [0.25, 0.3) is 0 Å². The molecule has 0 unspecified atom stereocenters. The van der Waals surface area contributed by atoms with Crippen molar-refractivity contribution < 1.29 is 23.5 Å². The number of benzene rings is 1. The highest BCUT2D eigenvalue weighted by Gasteiger charge is 2.23. The largest absolute Gasteiger partial charge is 0.383 e. The zero-order valence-electron chi connectivity index (χ0n) is 14.2. The van der Waals surface area contributed by atoms with Gasteiger partial charge in [0.15, 0.2) is 0 Å². The molecule has 7 nitrogen and oxygen atoms in total. The van der Waals surface area contributed by atoms with Crippen LogP contribution in [-0.4, -0.2) is 63.9 Å². The zero-order chi connectivity index (χ0) is 17.9. The first-order valence-electron chi connectivity index (χ1n) is 7.65. The number of carbonyl (C=O) groups excluding carboxylic acids is 2. The molecule has 0 saturated heterocycles. The summed E-state index contributed by atoms with van der Waals surface area (Å²) in [5, 5.41) is 5.04. The lowest BCUT2D eigenvalue weighted by molar-refractivity contribution is 0.0624. The molecule has 1 aromatic carbocycles. The van der Waals surface area contributed by atoms with E-state index in [9.17, 15) is 14.0 Å². The molecule has 1 aromatic rings. The number of anilines is 1. The first kappa shape index (κ1) is 19.9. The Labute approximate surface area is 141 Å². The van der Waals surface area contributed by atoms with E-state index in [1.807, 2.05) is 0 Å². The maximum atomic E-state index is 14.3. The molecule has 0 bridgehead atoms. The zero-order valence-corrected chi connectivity index (χ0v) is 14.2. The predicted octanol–water partition coefficient (Wildman–Crippen LogP) is 1.70. The van der Waals surface area contributed by atoms with Crippen molar-refractivity contribution in [3.8, 4) is 0 Å². The summed E-state index contributed by atoms with van der Waals surface area (Å²) >= 11 is 0. The van der Waals surface area contributed by atoms with E-state index in [1.54, 1.807) is 6.92 Å². The number of amides is 3. The van der Waals surface area contributed by atoms with Gasteiger partial charge in [0.05, 0.1) is 24.5 Å². The third-order valence-corrected chi connectivity index (χ3v) is 3.23. The van der Waals surface area contributed by atoms with E-state index >= 15 is 0 Å². The number of urea groups is 1. The lowest BCUT2D eigenvalue weighted by Crippen LogP contribution is -2.38. The van der Waals surface area contributed by atoms with Crippen molar-refractivity contribution in [3.05, 3.63) is 29.6 Å². The fraction of sp³-hybridized carbons (Fsp3) is 0.500. The van der Waals surface area contributed by atoms with Crippen LogP contribution in [0.15, 0.2) is 18.2 Å². The van der Waals surface area contributed by atoms with Crippen molar-refractivity contribution in [3.63, 3.8) is 0 Å². The first-order valence-corrected chi connectivity index (χ1v) is 7.65. The minimum atomic E-state index is -0.700. The van der Waals surface area contributed by atoms with E-state index in [0.29, 0.717) is 19.8 Å². The summed E-state index contributed by atoms with van der Waals surface area (Å²) in [6.45, 7) is 3.36. The Morgan fingerprint density at radius 2 is 1.79 bits per heavy atom. The normalized spacial score (nSPS) is 10.3. The molecule has 0 saturated carbocycles. The molecule has 0 aliphatic carbocycles. The van der Waals surface area contributed by atoms with Crippen LogP contribution < -0.4 is 10.6 Å². The van der Waals surface area contributed by atoms with E-state index in [0.717, 1.165) is 0 Å². The molecular weight excluding hydrogens is 317 g/mol. The molecule has 3 amide bonds. The summed E-state index contributed by atoms with van der Waals surface area (Å²) in [6.07, 6.45) is 0. The van der Waals surface area contributed by atoms with Crippen molar-refractivity contribution in [2.45, 2.75) is 6.92 Å². The molecule has 24 heavy (non-hydrogen) atoms. The maximum absolute atomic E-state index is 14.3. The molecule has 2 N–H and O–H groups in total. The SMILES string of the molecule is CCNC(=O)Nc1cccc(F)c1C(=O)N(CCOC)CCOC. The van der Waals surface area contributed by atoms with Gasteiger partial charge in [0.25, 0.3) is 5.91 Å². The fourth-order valence-electron chi connectivity index (χ4n) is 2.05. The monoisotopic (exact) mass is 341 g/mol. The number of hydrogen-bond acceptors (Lipinski definition) is 4. The highest BCUT2D eigenvalue weighted by Crippen LogP contribution is 2.21. The van der Waals surface area contributed by atoms with Gasteiger partial charge in [0.2, 0.25) is 0 Å². The highest BCUT2D eigenvalue weighted by atomic mass is 19.1. The van der Waals surface area contributed by atoms with Crippen molar-refractivity contribution >= 4 is 17.6 Å². The van der Waals surface area contributed by atoms with E-state index < -0.39 is 17.8 Å². The minimum absolute atomic E-state index is 0.116. The number of hydrogen-bond donors (Lipinski definition) is 2. The molecule has 0 spiro atoms. The number of methoxy groups -OCH3 is 2. The lowest BCUT2D eigenvalue weighted by atomic mass is 10.1. The molecule has 0 atom stereocenters. The molecule has 8 heteroatoms. The number of nitrogens with zero attached hydrogens (tertiary/aromatic N) is 1. The Morgan fingerprint density at radius 3 is 2.33 bits per heavy atom. The van der Waals surface area contributed by atoms with Gasteiger partial charge in [0.1, 0.15) is 5.82 Å². The van der Waals surface area contributed by atoms with Crippen molar-refractivity contribution in [2.24, 2.45) is 0 Å². The Morgan fingerprint density at radius 1 is 1.17 bits per heavy atom. The van der Waals surface area contributed by atoms with Gasteiger partial charge in [-0.15, -0.1) is 0 Å². The second-order valence-electron chi connectivity index (χ2n) is 4.92. The average molecular weight is 341 g/mol. The van der Waals surface area contributed by atoms with Crippen LogP contribution in [0.2, 0.25) is 0 Å². The van der Waals surface area contributed by atoms with Gasteiger partial charge in [-0.2, -0.15) is 0 Å². The van der Waals surface area contributed by atoms with Gasteiger partial charge in [-0.05, 0) is 19.1 Å². The molecular formula is C16H24FN3O4. The van der Waals surface area contributed by atoms with Crippen molar-refractivity contribution in [1.82, 2.24) is 10.2 Å². The predicted molar refractivity (Wildman–Crippen MR) is 88.8 cm³/mol. The molecule has 0 radical (unpaired) electrons. The summed E-state index contributed by atoms with van der Waals surface area (Å²) < 4.78 is 24.2. The molecule has 0 heterocycles. The third kappa shape index (κ3) is 5.78. The van der Waals surface area contributed by atoms with Gasteiger partial charge in [-0.1, -0.05) is 6.07 Å². The standard InChI is InChI=1S/C16H24FN3O4/c1-4-18-16(22)19-13-7-5-6-12(17)14(13)15(21)20(8-10-23-2)9-11-24-3/h5-7H,4,8-11H2,1-3H3,(H2,18,19,22). The minimum Gasteiger partial charge on any atom is -0.383 e. The Kier molecular flexibility index (Phi) is 8.74. The van der Waals surface area contributed by atoms with Crippen molar-refractivity contribution in [1.29, 1.82) is 0 Å². The molecule has 0 aliphatic heterocycles. The Balaban J connectivity index is 3.06.